The average molecular weight is 384 g/mol. The molecule has 0 aliphatic carbocycles. The minimum atomic E-state index is -0.180. The summed E-state index contributed by atoms with van der Waals surface area (Å²) in [5.74, 6) is -0.0858. The summed E-state index contributed by atoms with van der Waals surface area (Å²) in [5, 5.41) is 6.14. The van der Waals surface area contributed by atoms with Crippen molar-refractivity contribution in [2.45, 2.75) is 38.6 Å². The van der Waals surface area contributed by atoms with Gasteiger partial charge in [0, 0.05) is 39.4 Å². The minimum absolute atomic E-state index is 0.0939. The van der Waals surface area contributed by atoms with Crippen LogP contribution in [0.2, 0.25) is 5.02 Å². The number of rotatable bonds is 5. The van der Waals surface area contributed by atoms with Crippen molar-refractivity contribution in [1.29, 1.82) is 0 Å². The second-order valence-corrected chi connectivity index (χ2v) is 7.95. The van der Waals surface area contributed by atoms with Crippen molar-refractivity contribution in [3.05, 3.63) is 47.0 Å². The van der Waals surface area contributed by atoms with Crippen LogP contribution in [0.4, 0.5) is 0 Å². The zero-order valence-electron chi connectivity index (χ0n) is 15.9. The number of likely N-dealkylation sites (N-methyl/N-ethyl adjacent to an activating group) is 1. The number of carbonyl (C=O) groups excluding carboxylic acids is 1. The van der Waals surface area contributed by atoms with Crippen molar-refractivity contribution >= 4 is 39.3 Å². The molecule has 4 rings (SSSR count). The summed E-state index contributed by atoms with van der Waals surface area (Å²) < 4.78 is 0. The predicted molar refractivity (Wildman–Crippen MR) is 113 cm³/mol. The van der Waals surface area contributed by atoms with Gasteiger partial charge in [-0.1, -0.05) is 30.7 Å². The molecule has 0 unspecified atom stereocenters. The maximum Gasteiger partial charge on any atom is 0.227 e. The van der Waals surface area contributed by atoms with E-state index >= 15 is 0 Å². The van der Waals surface area contributed by atoms with E-state index in [-0.39, 0.29) is 11.8 Å². The van der Waals surface area contributed by atoms with Gasteiger partial charge < -0.3 is 10.3 Å². The summed E-state index contributed by atoms with van der Waals surface area (Å²) >= 11 is 6.14. The molecule has 3 aromatic rings. The van der Waals surface area contributed by atoms with Crippen molar-refractivity contribution in [1.82, 2.24) is 15.2 Å². The fourth-order valence-electron chi connectivity index (χ4n) is 4.23. The van der Waals surface area contributed by atoms with E-state index < -0.39 is 0 Å². The molecule has 1 fully saturated rings. The number of fused-ring (bicyclic) bond motifs is 3. The van der Waals surface area contributed by atoms with E-state index in [2.05, 4.69) is 40.3 Å². The Labute approximate surface area is 164 Å². The number of nitrogens with one attached hydrogen (secondary N) is 2. The number of aromatic amines is 1. The van der Waals surface area contributed by atoms with Crippen LogP contribution in [0.5, 0.6) is 0 Å². The minimum Gasteiger partial charge on any atom is -0.355 e. The normalized spacial score (nSPS) is 19.0. The number of halogens is 1. The molecule has 0 bridgehead atoms. The van der Waals surface area contributed by atoms with Crippen LogP contribution in [-0.2, 0) is 4.79 Å². The van der Waals surface area contributed by atoms with Gasteiger partial charge in [0.15, 0.2) is 0 Å². The quantitative estimate of drug-likeness (QED) is 0.672. The first-order chi connectivity index (χ1) is 13.1. The number of hydrogen-bond donors (Lipinski definition) is 2. The number of aromatic nitrogens is 1. The van der Waals surface area contributed by atoms with Crippen molar-refractivity contribution in [3.63, 3.8) is 0 Å². The fraction of sp³-hybridized carbons (Fsp3) is 0.409. The lowest BCUT2D eigenvalue weighted by molar-refractivity contribution is -0.122. The molecule has 1 saturated heterocycles. The molecule has 142 valence electrons. The summed E-state index contributed by atoms with van der Waals surface area (Å²) in [5.41, 5.74) is 3.12. The number of H-pyrrole nitrogens is 1. The van der Waals surface area contributed by atoms with Gasteiger partial charge in [-0.25, -0.2) is 0 Å². The fourth-order valence-corrected chi connectivity index (χ4v) is 4.40. The lowest BCUT2D eigenvalue weighted by Crippen LogP contribution is -2.41. The highest BCUT2D eigenvalue weighted by Gasteiger charge is 2.24. The van der Waals surface area contributed by atoms with E-state index in [1.54, 1.807) is 0 Å². The van der Waals surface area contributed by atoms with E-state index in [1.807, 2.05) is 25.1 Å². The monoisotopic (exact) mass is 383 g/mol. The highest BCUT2D eigenvalue weighted by molar-refractivity contribution is 6.31. The maximum atomic E-state index is 12.7. The zero-order chi connectivity index (χ0) is 19.0. The molecule has 0 spiro atoms. The molecule has 1 amide bonds. The third kappa shape index (κ3) is 3.56. The Hall–Kier alpha value is -2.04. The highest BCUT2D eigenvalue weighted by Crippen LogP contribution is 2.30. The second-order valence-electron chi connectivity index (χ2n) is 7.51. The van der Waals surface area contributed by atoms with Crippen LogP contribution in [-0.4, -0.2) is 41.5 Å². The Morgan fingerprint density at radius 2 is 2.11 bits per heavy atom. The molecule has 4 nitrogen and oxygen atoms in total. The molecule has 0 saturated carbocycles. The number of amides is 1. The van der Waals surface area contributed by atoms with Crippen LogP contribution in [0.1, 0.15) is 38.2 Å². The van der Waals surface area contributed by atoms with E-state index in [1.165, 1.54) is 12.8 Å². The smallest absolute Gasteiger partial charge is 0.227 e. The number of likely N-dealkylation sites (tertiary alicyclic amines) is 1. The van der Waals surface area contributed by atoms with Gasteiger partial charge in [0.2, 0.25) is 5.91 Å². The summed E-state index contributed by atoms with van der Waals surface area (Å²) in [7, 11) is 0. The van der Waals surface area contributed by atoms with Crippen molar-refractivity contribution in [2.75, 3.05) is 19.6 Å². The molecule has 1 aliphatic heterocycles. The van der Waals surface area contributed by atoms with Crippen LogP contribution < -0.4 is 5.32 Å². The van der Waals surface area contributed by atoms with E-state index in [0.29, 0.717) is 6.04 Å². The molecular formula is C22H26ClN3O. The lowest BCUT2D eigenvalue weighted by atomic mass is 9.98. The summed E-state index contributed by atoms with van der Waals surface area (Å²) in [4.78, 5) is 18.6. The number of carbonyl (C=O) groups is 1. The van der Waals surface area contributed by atoms with E-state index in [4.69, 9.17) is 11.6 Å². The van der Waals surface area contributed by atoms with E-state index in [0.717, 1.165) is 52.0 Å². The van der Waals surface area contributed by atoms with Crippen LogP contribution >= 0.6 is 11.6 Å². The summed E-state index contributed by atoms with van der Waals surface area (Å²) in [6, 6.07) is 12.6. The first-order valence-corrected chi connectivity index (χ1v) is 10.2. The highest BCUT2D eigenvalue weighted by atomic mass is 35.5. The Morgan fingerprint density at radius 3 is 2.93 bits per heavy atom. The molecule has 1 aromatic heterocycles. The largest absolute Gasteiger partial charge is 0.355 e. The topological polar surface area (TPSA) is 48.1 Å². The molecule has 2 N–H and O–H groups in total. The molecule has 5 heteroatoms. The first-order valence-electron chi connectivity index (χ1n) is 9.79. The lowest BCUT2D eigenvalue weighted by Gasteiger charge is -2.23. The number of benzene rings is 2. The molecule has 2 atom stereocenters. The molecule has 0 radical (unpaired) electrons. The number of hydrogen-bond acceptors (Lipinski definition) is 2. The maximum absolute atomic E-state index is 12.7. The summed E-state index contributed by atoms with van der Waals surface area (Å²) in [6.45, 7) is 7.10. The molecular weight excluding hydrogens is 358 g/mol. The standard InChI is InChI=1S/C22H26ClN3O/c1-3-26-10-4-5-17(26)13-24-22(27)14(2)15-6-8-18-19-12-16(23)7-9-20(19)25-21(18)11-15/h6-9,11-12,14,17,25H,3-5,10,13H2,1-2H3,(H,24,27)/t14-,17+/m0/s1. The van der Waals surface area contributed by atoms with Gasteiger partial charge in [-0.3, -0.25) is 9.69 Å². The Morgan fingerprint density at radius 1 is 1.26 bits per heavy atom. The third-order valence-electron chi connectivity index (χ3n) is 5.90. The molecule has 1 aliphatic rings. The van der Waals surface area contributed by atoms with Crippen LogP contribution in [0.15, 0.2) is 36.4 Å². The van der Waals surface area contributed by atoms with Crippen LogP contribution in [0.3, 0.4) is 0 Å². The van der Waals surface area contributed by atoms with Crippen molar-refractivity contribution in [3.8, 4) is 0 Å². The third-order valence-corrected chi connectivity index (χ3v) is 6.13. The van der Waals surface area contributed by atoms with Crippen LogP contribution in [0.25, 0.3) is 21.8 Å². The molecule has 2 aromatic carbocycles. The van der Waals surface area contributed by atoms with E-state index in [9.17, 15) is 4.79 Å². The molecule has 2 heterocycles. The Bertz CT molecular complexity index is 980. The Balaban J connectivity index is 1.50. The zero-order valence-corrected chi connectivity index (χ0v) is 16.6. The van der Waals surface area contributed by atoms with Gasteiger partial charge in [0.05, 0.1) is 5.92 Å². The van der Waals surface area contributed by atoms with Gasteiger partial charge in [-0.15, -0.1) is 0 Å². The SMILES string of the molecule is CCN1CCC[C@@H]1CNC(=O)[C@@H](C)c1ccc2c(c1)[nH]c1ccc(Cl)cc12. The van der Waals surface area contributed by atoms with Gasteiger partial charge in [0.25, 0.3) is 0 Å². The predicted octanol–water partition coefficient (Wildman–Crippen LogP) is 4.68. The second kappa shape index (κ2) is 7.53. The van der Waals surface area contributed by atoms with Crippen molar-refractivity contribution < 1.29 is 4.79 Å². The average Bonchev–Trinajstić information content (AvgIpc) is 3.28. The Kier molecular flexibility index (Phi) is 5.11. The van der Waals surface area contributed by atoms with Crippen LogP contribution in [0, 0.1) is 0 Å². The van der Waals surface area contributed by atoms with Gasteiger partial charge in [-0.2, -0.15) is 0 Å². The van der Waals surface area contributed by atoms with Gasteiger partial charge in [0.1, 0.15) is 0 Å². The van der Waals surface area contributed by atoms with Crippen molar-refractivity contribution in [2.24, 2.45) is 0 Å². The van der Waals surface area contributed by atoms with Gasteiger partial charge >= 0.3 is 0 Å². The molecule has 27 heavy (non-hydrogen) atoms. The van der Waals surface area contributed by atoms with Gasteiger partial charge in [-0.05, 0) is 62.7 Å². The summed E-state index contributed by atoms with van der Waals surface area (Å²) in [6.07, 6.45) is 2.40. The number of nitrogens with zero attached hydrogens (tertiary/aromatic N) is 1. The first kappa shape index (κ1) is 18.3.